The lowest BCUT2D eigenvalue weighted by molar-refractivity contribution is -0.385. The molecule has 0 aliphatic heterocycles. The molecule has 2 N–H and O–H groups in total. The fourth-order valence-electron chi connectivity index (χ4n) is 1.09. The van der Waals surface area contributed by atoms with E-state index in [2.05, 4.69) is 10.4 Å². The van der Waals surface area contributed by atoms with Crippen molar-refractivity contribution in [2.24, 2.45) is 5.92 Å². The second kappa shape index (κ2) is 5.75. The van der Waals surface area contributed by atoms with Gasteiger partial charge in [-0.3, -0.25) is 24.4 Å². The van der Waals surface area contributed by atoms with Crippen LogP contribution in [0.25, 0.3) is 0 Å². The predicted molar refractivity (Wildman–Crippen MR) is 58.7 cm³/mol. The molecule has 0 fully saturated rings. The Bertz CT molecular complexity index is 469. The van der Waals surface area contributed by atoms with Gasteiger partial charge in [0.05, 0.1) is 10.8 Å². The second-order valence-electron chi connectivity index (χ2n) is 3.70. The van der Waals surface area contributed by atoms with Gasteiger partial charge in [0.1, 0.15) is 18.9 Å². The average Bonchev–Trinajstić information content (AvgIpc) is 2.74. The molecule has 0 radical (unpaired) electrons. The topological polar surface area (TPSA) is 127 Å². The highest BCUT2D eigenvalue weighted by molar-refractivity contribution is 5.77. The maximum atomic E-state index is 11.4. The van der Waals surface area contributed by atoms with Crippen LogP contribution in [-0.2, 0) is 16.1 Å². The maximum Gasteiger partial charge on any atom is 0.308 e. The predicted octanol–water partition coefficient (Wildman–Crippen LogP) is -0.372. The molecule has 1 rings (SSSR count). The fraction of sp³-hybridized carbons (Fsp3) is 0.444. The van der Waals surface area contributed by atoms with Gasteiger partial charge in [0, 0.05) is 6.54 Å². The van der Waals surface area contributed by atoms with Crippen LogP contribution in [0.3, 0.4) is 0 Å². The number of carboxylic acids is 1. The van der Waals surface area contributed by atoms with Crippen molar-refractivity contribution in [1.82, 2.24) is 15.1 Å². The van der Waals surface area contributed by atoms with Gasteiger partial charge >= 0.3 is 11.7 Å². The summed E-state index contributed by atoms with van der Waals surface area (Å²) in [5, 5.41) is 25.0. The summed E-state index contributed by atoms with van der Waals surface area (Å²) < 4.78 is 1.11. The van der Waals surface area contributed by atoms with Gasteiger partial charge in [0.25, 0.3) is 0 Å². The molecule has 1 amide bonds. The van der Waals surface area contributed by atoms with Gasteiger partial charge in [0.15, 0.2) is 0 Å². The molecule has 1 aromatic heterocycles. The van der Waals surface area contributed by atoms with Crippen molar-refractivity contribution < 1.29 is 19.6 Å². The molecular weight excluding hydrogens is 244 g/mol. The summed E-state index contributed by atoms with van der Waals surface area (Å²) >= 11 is 0. The zero-order valence-corrected chi connectivity index (χ0v) is 9.57. The summed E-state index contributed by atoms with van der Waals surface area (Å²) in [6.45, 7) is 1.26. The summed E-state index contributed by atoms with van der Waals surface area (Å²) in [5.41, 5.74) is -0.207. The van der Waals surface area contributed by atoms with E-state index >= 15 is 0 Å². The molecule has 1 aromatic rings. The molecule has 0 saturated carbocycles. The number of aliphatic carboxylic acids is 1. The minimum Gasteiger partial charge on any atom is -0.481 e. The highest BCUT2D eigenvalue weighted by Crippen LogP contribution is 2.07. The van der Waals surface area contributed by atoms with Crippen LogP contribution in [0.1, 0.15) is 6.92 Å². The third kappa shape index (κ3) is 3.85. The Labute approximate surface area is 102 Å². The van der Waals surface area contributed by atoms with Crippen LogP contribution in [-0.4, -0.2) is 38.2 Å². The van der Waals surface area contributed by atoms with E-state index < -0.39 is 22.7 Å². The first kappa shape index (κ1) is 13.6. The molecule has 0 saturated heterocycles. The number of carbonyl (C=O) groups excluding carboxylic acids is 1. The van der Waals surface area contributed by atoms with Gasteiger partial charge in [0.2, 0.25) is 5.91 Å². The van der Waals surface area contributed by atoms with Gasteiger partial charge in [-0.1, -0.05) is 6.92 Å². The number of amides is 1. The number of aromatic nitrogens is 2. The molecule has 0 aliphatic carbocycles. The zero-order valence-electron chi connectivity index (χ0n) is 9.57. The van der Waals surface area contributed by atoms with E-state index in [9.17, 15) is 19.7 Å². The summed E-state index contributed by atoms with van der Waals surface area (Å²) in [6, 6.07) is 0. The molecule has 9 nitrogen and oxygen atoms in total. The van der Waals surface area contributed by atoms with E-state index in [1.807, 2.05) is 0 Å². The maximum absolute atomic E-state index is 11.4. The number of nitrogens with zero attached hydrogens (tertiary/aromatic N) is 3. The van der Waals surface area contributed by atoms with E-state index in [-0.39, 0.29) is 18.8 Å². The van der Waals surface area contributed by atoms with Crippen molar-refractivity contribution in [3.05, 3.63) is 22.5 Å². The molecule has 98 valence electrons. The van der Waals surface area contributed by atoms with Gasteiger partial charge in [-0.05, 0) is 0 Å². The van der Waals surface area contributed by atoms with Crippen molar-refractivity contribution in [3.8, 4) is 0 Å². The van der Waals surface area contributed by atoms with Crippen LogP contribution in [0.5, 0.6) is 0 Å². The number of hydrogen-bond donors (Lipinski definition) is 2. The Hall–Kier alpha value is -2.45. The summed E-state index contributed by atoms with van der Waals surface area (Å²) in [7, 11) is 0. The number of rotatable bonds is 6. The molecular formula is C9H12N4O5. The Kier molecular flexibility index (Phi) is 4.35. The molecule has 18 heavy (non-hydrogen) atoms. The summed E-state index contributed by atoms with van der Waals surface area (Å²) in [5.74, 6) is -2.16. The quantitative estimate of drug-likeness (QED) is 0.528. The van der Waals surface area contributed by atoms with Crippen LogP contribution in [0.15, 0.2) is 12.4 Å². The lowest BCUT2D eigenvalue weighted by atomic mass is 10.2. The second-order valence-corrected chi connectivity index (χ2v) is 3.70. The SMILES string of the molecule is CC(CNC(=O)Cn1cc([N+](=O)[O-])cn1)C(=O)O. The molecule has 9 heteroatoms. The van der Waals surface area contributed by atoms with E-state index in [0.29, 0.717) is 0 Å². The van der Waals surface area contributed by atoms with Crippen LogP contribution < -0.4 is 5.32 Å². The Balaban J connectivity index is 2.44. The van der Waals surface area contributed by atoms with E-state index in [1.165, 1.54) is 6.92 Å². The van der Waals surface area contributed by atoms with Crippen molar-refractivity contribution in [3.63, 3.8) is 0 Å². The highest BCUT2D eigenvalue weighted by atomic mass is 16.6. The smallest absolute Gasteiger partial charge is 0.308 e. The van der Waals surface area contributed by atoms with E-state index in [1.54, 1.807) is 0 Å². The van der Waals surface area contributed by atoms with E-state index in [0.717, 1.165) is 17.1 Å². The first-order valence-corrected chi connectivity index (χ1v) is 5.06. The minimum atomic E-state index is -1.01. The number of carbonyl (C=O) groups is 2. The van der Waals surface area contributed by atoms with Crippen LogP contribution >= 0.6 is 0 Å². The normalized spacial score (nSPS) is 11.8. The molecule has 1 atom stereocenters. The molecule has 0 aromatic carbocycles. The Morgan fingerprint density at radius 1 is 1.67 bits per heavy atom. The number of nitro groups is 1. The summed E-state index contributed by atoms with van der Waals surface area (Å²) in [6.07, 6.45) is 2.16. The van der Waals surface area contributed by atoms with Gasteiger partial charge < -0.3 is 10.4 Å². The van der Waals surface area contributed by atoms with Crippen LogP contribution in [0.2, 0.25) is 0 Å². The van der Waals surface area contributed by atoms with Crippen molar-refractivity contribution in [2.75, 3.05) is 6.54 Å². The van der Waals surface area contributed by atoms with Gasteiger partial charge in [-0.2, -0.15) is 5.10 Å². The van der Waals surface area contributed by atoms with Gasteiger partial charge in [-0.15, -0.1) is 0 Å². The van der Waals surface area contributed by atoms with Crippen molar-refractivity contribution in [1.29, 1.82) is 0 Å². The Morgan fingerprint density at radius 3 is 2.83 bits per heavy atom. The lowest BCUT2D eigenvalue weighted by Crippen LogP contribution is -2.33. The zero-order chi connectivity index (χ0) is 13.7. The Morgan fingerprint density at radius 2 is 2.33 bits per heavy atom. The molecule has 1 heterocycles. The standard InChI is InChI=1S/C9H12N4O5/c1-6(9(15)16)2-10-8(14)5-12-4-7(3-11-12)13(17)18/h3-4,6H,2,5H2,1H3,(H,10,14)(H,15,16). The average molecular weight is 256 g/mol. The van der Waals surface area contributed by atoms with Crippen molar-refractivity contribution in [2.45, 2.75) is 13.5 Å². The third-order valence-electron chi connectivity index (χ3n) is 2.16. The first-order chi connectivity index (χ1) is 8.40. The summed E-state index contributed by atoms with van der Waals surface area (Å²) in [4.78, 5) is 31.6. The van der Waals surface area contributed by atoms with E-state index in [4.69, 9.17) is 5.11 Å². The lowest BCUT2D eigenvalue weighted by Gasteiger charge is -2.07. The van der Waals surface area contributed by atoms with Crippen LogP contribution in [0.4, 0.5) is 5.69 Å². The molecule has 0 aliphatic rings. The van der Waals surface area contributed by atoms with Crippen molar-refractivity contribution >= 4 is 17.6 Å². The largest absolute Gasteiger partial charge is 0.481 e. The monoisotopic (exact) mass is 256 g/mol. The number of hydrogen-bond acceptors (Lipinski definition) is 5. The number of nitrogens with one attached hydrogen (secondary N) is 1. The van der Waals surface area contributed by atoms with Crippen LogP contribution in [0, 0.1) is 16.0 Å². The third-order valence-corrected chi connectivity index (χ3v) is 2.16. The highest BCUT2D eigenvalue weighted by Gasteiger charge is 2.14. The first-order valence-electron chi connectivity index (χ1n) is 5.06. The molecule has 0 bridgehead atoms. The number of carboxylic acid groups (broad SMARTS) is 1. The molecule has 1 unspecified atom stereocenters. The van der Waals surface area contributed by atoms with Gasteiger partial charge in [-0.25, -0.2) is 0 Å². The molecule has 0 spiro atoms. The minimum absolute atomic E-state index is 0.00245. The fourth-order valence-corrected chi connectivity index (χ4v) is 1.09.